The number of carbonyl (C=O) groups excluding carboxylic acids is 2. The summed E-state index contributed by atoms with van der Waals surface area (Å²) >= 11 is 11.9. The quantitative estimate of drug-likeness (QED) is 0.795. The predicted molar refractivity (Wildman–Crippen MR) is 89.7 cm³/mol. The average molecular weight is 354 g/mol. The first kappa shape index (κ1) is 16.3. The summed E-state index contributed by atoms with van der Waals surface area (Å²) in [4.78, 5) is 24.8. The number of amides is 1. The Morgan fingerprint density at radius 3 is 2.35 bits per heavy atom. The van der Waals surface area contributed by atoms with Gasteiger partial charge in [0.05, 0.1) is 5.57 Å². The molecule has 1 aliphatic carbocycles. The normalized spacial score (nSPS) is 19.9. The van der Waals surface area contributed by atoms with Crippen molar-refractivity contribution in [3.63, 3.8) is 0 Å². The molecule has 1 aromatic rings. The zero-order valence-electron chi connectivity index (χ0n) is 12.7. The van der Waals surface area contributed by atoms with Crippen LogP contribution in [-0.4, -0.2) is 17.5 Å². The molecule has 1 aliphatic heterocycles. The van der Waals surface area contributed by atoms with Gasteiger partial charge in [0.2, 0.25) is 0 Å². The third-order valence-electron chi connectivity index (χ3n) is 4.43. The summed E-state index contributed by atoms with van der Waals surface area (Å²) in [5, 5.41) is 3.66. The SMILES string of the molecule is CC1=C(C(=O)Nc2cc(Cl)cc(Cl)c2)C2(CCCCC2)OC1=O. The second-order valence-corrected chi connectivity index (χ2v) is 6.93. The van der Waals surface area contributed by atoms with Crippen LogP contribution in [0.25, 0.3) is 0 Å². The lowest BCUT2D eigenvalue weighted by molar-refractivity contribution is -0.149. The van der Waals surface area contributed by atoms with Gasteiger partial charge in [-0.1, -0.05) is 29.6 Å². The molecule has 1 N–H and O–H groups in total. The topological polar surface area (TPSA) is 55.4 Å². The van der Waals surface area contributed by atoms with Gasteiger partial charge in [-0.25, -0.2) is 4.79 Å². The van der Waals surface area contributed by atoms with Crippen molar-refractivity contribution >= 4 is 40.8 Å². The van der Waals surface area contributed by atoms with Gasteiger partial charge in [0.1, 0.15) is 5.60 Å². The molecular weight excluding hydrogens is 337 g/mol. The Hall–Kier alpha value is -1.52. The highest BCUT2D eigenvalue weighted by atomic mass is 35.5. The van der Waals surface area contributed by atoms with Gasteiger partial charge in [-0.15, -0.1) is 0 Å². The number of benzene rings is 1. The first-order chi connectivity index (χ1) is 10.9. The monoisotopic (exact) mass is 353 g/mol. The molecule has 1 aromatic carbocycles. The summed E-state index contributed by atoms with van der Waals surface area (Å²) in [6.45, 7) is 1.64. The highest BCUT2D eigenvalue weighted by Gasteiger charge is 2.49. The molecule has 1 fully saturated rings. The average Bonchev–Trinajstić information content (AvgIpc) is 2.69. The highest BCUT2D eigenvalue weighted by Crippen LogP contribution is 2.44. The van der Waals surface area contributed by atoms with Gasteiger partial charge in [0.25, 0.3) is 5.91 Å². The Labute approximate surface area is 144 Å². The summed E-state index contributed by atoms with van der Waals surface area (Å²) in [5.74, 6) is -0.727. The fourth-order valence-corrected chi connectivity index (χ4v) is 3.95. The van der Waals surface area contributed by atoms with E-state index >= 15 is 0 Å². The Kier molecular flexibility index (Phi) is 4.39. The lowest BCUT2D eigenvalue weighted by Crippen LogP contribution is -2.39. The summed E-state index contributed by atoms with van der Waals surface area (Å²) in [6, 6.07) is 4.83. The van der Waals surface area contributed by atoms with Crippen LogP contribution in [0, 0.1) is 0 Å². The molecule has 23 heavy (non-hydrogen) atoms. The zero-order valence-corrected chi connectivity index (χ0v) is 14.3. The molecule has 0 unspecified atom stereocenters. The van der Waals surface area contributed by atoms with E-state index in [1.807, 2.05) is 0 Å². The Bertz CT molecular complexity index is 686. The molecule has 1 heterocycles. The van der Waals surface area contributed by atoms with E-state index in [0.29, 0.717) is 39.7 Å². The summed E-state index contributed by atoms with van der Waals surface area (Å²) in [5.41, 5.74) is 0.556. The maximum atomic E-state index is 12.8. The minimum absolute atomic E-state index is 0.325. The van der Waals surface area contributed by atoms with Crippen molar-refractivity contribution in [1.29, 1.82) is 0 Å². The minimum Gasteiger partial charge on any atom is -0.451 e. The summed E-state index contributed by atoms with van der Waals surface area (Å²) in [6.07, 6.45) is 4.36. The molecule has 1 saturated carbocycles. The third-order valence-corrected chi connectivity index (χ3v) is 4.87. The maximum absolute atomic E-state index is 12.8. The smallest absolute Gasteiger partial charge is 0.335 e. The highest BCUT2D eigenvalue weighted by molar-refractivity contribution is 6.35. The van der Waals surface area contributed by atoms with Crippen LogP contribution in [0.15, 0.2) is 29.3 Å². The molecule has 1 amide bonds. The van der Waals surface area contributed by atoms with E-state index in [2.05, 4.69) is 5.32 Å². The van der Waals surface area contributed by atoms with Crippen LogP contribution in [0.3, 0.4) is 0 Å². The van der Waals surface area contributed by atoms with Gasteiger partial charge in [0.15, 0.2) is 0 Å². The number of hydrogen-bond donors (Lipinski definition) is 1. The first-order valence-electron chi connectivity index (χ1n) is 7.63. The van der Waals surface area contributed by atoms with Crippen LogP contribution in [0.1, 0.15) is 39.0 Å². The van der Waals surface area contributed by atoms with Crippen LogP contribution >= 0.6 is 23.2 Å². The van der Waals surface area contributed by atoms with Gasteiger partial charge >= 0.3 is 5.97 Å². The molecular formula is C17H17Cl2NO3. The van der Waals surface area contributed by atoms with Crippen LogP contribution in [-0.2, 0) is 14.3 Å². The molecule has 2 aliphatic rings. The molecule has 0 saturated heterocycles. The Morgan fingerprint density at radius 2 is 1.74 bits per heavy atom. The second-order valence-electron chi connectivity index (χ2n) is 6.06. The Morgan fingerprint density at radius 1 is 1.13 bits per heavy atom. The van der Waals surface area contributed by atoms with E-state index in [9.17, 15) is 9.59 Å². The van der Waals surface area contributed by atoms with Crippen molar-refractivity contribution in [2.45, 2.75) is 44.6 Å². The molecule has 0 radical (unpaired) electrons. The number of rotatable bonds is 2. The molecule has 1 spiro atoms. The van der Waals surface area contributed by atoms with Crippen molar-refractivity contribution in [3.05, 3.63) is 39.4 Å². The number of ether oxygens (including phenoxy) is 1. The van der Waals surface area contributed by atoms with Gasteiger partial charge in [0, 0.05) is 21.3 Å². The summed E-state index contributed by atoms with van der Waals surface area (Å²) in [7, 11) is 0. The summed E-state index contributed by atoms with van der Waals surface area (Å²) < 4.78 is 5.60. The number of halogens is 2. The molecule has 4 nitrogen and oxygen atoms in total. The number of hydrogen-bond acceptors (Lipinski definition) is 3. The fraction of sp³-hybridized carbons (Fsp3) is 0.412. The zero-order chi connectivity index (χ0) is 16.6. The Balaban J connectivity index is 1.91. The van der Waals surface area contributed by atoms with Crippen LogP contribution < -0.4 is 5.32 Å². The molecule has 3 rings (SSSR count). The van der Waals surface area contributed by atoms with Crippen LogP contribution in [0.4, 0.5) is 5.69 Å². The van der Waals surface area contributed by atoms with E-state index < -0.39 is 11.6 Å². The molecule has 0 bridgehead atoms. The van der Waals surface area contributed by atoms with Gasteiger partial charge in [-0.2, -0.15) is 0 Å². The number of carbonyl (C=O) groups is 2. The van der Waals surface area contributed by atoms with Crippen molar-refractivity contribution in [3.8, 4) is 0 Å². The van der Waals surface area contributed by atoms with Crippen molar-refractivity contribution in [2.75, 3.05) is 5.32 Å². The van der Waals surface area contributed by atoms with Crippen molar-refractivity contribution in [1.82, 2.24) is 0 Å². The lowest BCUT2D eigenvalue weighted by Gasteiger charge is -2.34. The fourth-order valence-electron chi connectivity index (χ4n) is 3.42. The first-order valence-corrected chi connectivity index (χ1v) is 8.39. The number of nitrogens with one attached hydrogen (secondary N) is 1. The molecule has 122 valence electrons. The van der Waals surface area contributed by atoms with E-state index in [1.54, 1.807) is 25.1 Å². The van der Waals surface area contributed by atoms with E-state index in [-0.39, 0.29) is 5.91 Å². The maximum Gasteiger partial charge on any atom is 0.335 e. The van der Waals surface area contributed by atoms with Crippen molar-refractivity contribution < 1.29 is 14.3 Å². The standard InChI is InChI=1S/C17H17Cl2NO3/c1-10-14(17(23-16(10)22)5-3-2-4-6-17)15(21)20-13-8-11(18)7-12(19)9-13/h7-9H,2-6H2,1H3,(H,20,21). The molecule has 6 heteroatoms. The lowest BCUT2D eigenvalue weighted by atomic mass is 9.78. The van der Waals surface area contributed by atoms with Crippen molar-refractivity contribution in [2.24, 2.45) is 0 Å². The molecule has 0 aromatic heterocycles. The van der Waals surface area contributed by atoms with Gasteiger partial charge < -0.3 is 10.1 Å². The largest absolute Gasteiger partial charge is 0.451 e. The van der Waals surface area contributed by atoms with Crippen LogP contribution in [0.5, 0.6) is 0 Å². The van der Waals surface area contributed by atoms with Gasteiger partial charge in [-0.3, -0.25) is 4.79 Å². The minimum atomic E-state index is -0.772. The van der Waals surface area contributed by atoms with Gasteiger partial charge in [-0.05, 0) is 50.8 Å². The van der Waals surface area contributed by atoms with Crippen LogP contribution in [0.2, 0.25) is 10.0 Å². The van der Waals surface area contributed by atoms with E-state index in [4.69, 9.17) is 27.9 Å². The number of anilines is 1. The van der Waals surface area contributed by atoms with E-state index in [1.165, 1.54) is 0 Å². The third kappa shape index (κ3) is 3.10. The van der Waals surface area contributed by atoms with E-state index in [0.717, 1.165) is 19.3 Å². The molecule has 0 atom stereocenters. The predicted octanol–water partition coefficient (Wildman–Crippen LogP) is 4.51. The second kappa shape index (κ2) is 6.17. The number of esters is 1.